The van der Waals surface area contributed by atoms with Gasteiger partial charge in [-0.1, -0.05) is 179 Å². The summed E-state index contributed by atoms with van der Waals surface area (Å²) in [5.41, 5.74) is 4.09. The molecular formula is C81H51F8NO2. The number of halogens is 8. The molecule has 0 amide bonds. The van der Waals surface area contributed by atoms with Gasteiger partial charge in [-0.2, -0.15) is 0 Å². The highest BCUT2D eigenvalue weighted by atomic mass is 19.2. The second kappa shape index (κ2) is 21.6. The van der Waals surface area contributed by atoms with Crippen molar-refractivity contribution in [3.05, 3.63) is 363 Å². The Kier molecular flexibility index (Phi) is 13.5. The van der Waals surface area contributed by atoms with Crippen LogP contribution in [0.5, 0.6) is 23.0 Å². The average Bonchev–Trinajstić information content (AvgIpc) is 1.51. The Hall–Kier alpha value is -11.0. The van der Waals surface area contributed by atoms with E-state index in [1.165, 1.54) is 0 Å². The van der Waals surface area contributed by atoms with Crippen molar-refractivity contribution in [2.24, 2.45) is 0 Å². The molecule has 448 valence electrons. The SMILES string of the molecule is C=Cc1ccc(Oc2ccc(C3(c4c(F)c(F)cc(F)c4F)c4ccccc4-c4ccc(N(c5ccc6c(c5)C(C)(C)c5ccccc5-6)c5ccc6c(c5)C(c5ccc(Oc7ccc(C=C)cc7)cc5)(c5c(F)c(F)cc(F)c5F)c5ccccc5-6)cc43)cc2)cc1. The van der Waals surface area contributed by atoms with Crippen molar-refractivity contribution >= 4 is 29.2 Å². The Morgan fingerprint density at radius 1 is 0.315 bits per heavy atom. The van der Waals surface area contributed by atoms with Gasteiger partial charge in [0.15, 0.2) is 46.5 Å². The van der Waals surface area contributed by atoms with Crippen molar-refractivity contribution in [2.45, 2.75) is 30.1 Å². The van der Waals surface area contributed by atoms with Crippen molar-refractivity contribution < 1.29 is 44.6 Å². The van der Waals surface area contributed by atoms with Gasteiger partial charge in [0.05, 0.1) is 10.8 Å². The minimum Gasteiger partial charge on any atom is -0.457 e. The van der Waals surface area contributed by atoms with E-state index in [9.17, 15) is 0 Å². The van der Waals surface area contributed by atoms with Crippen LogP contribution in [0.1, 0.15) is 80.6 Å². The largest absolute Gasteiger partial charge is 0.457 e. The fraction of sp³-hybridized carbons (Fsp3) is 0.0617. The van der Waals surface area contributed by atoms with E-state index in [-0.39, 0.29) is 34.4 Å². The Balaban J connectivity index is 0.993. The molecular weight excluding hydrogens is 1170 g/mol. The molecule has 0 saturated carbocycles. The molecule has 3 aliphatic carbocycles. The van der Waals surface area contributed by atoms with E-state index in [0.29, 0.717) is 73.4 Å². The molecule has 12 aromatic carbocycles. The summed E-state index contributed by atoms with van der Waals surface area (Å²) in [5.74, 6) is -11.2. The number of nitrogens with zero attached hydrogens (tertiary/aromatic N) is 1. The standard InChI is InChI=1S/C81H51F8NO2/c1-5-46-19-30-53(31-20-46)91-55-34-23-48(24-35-55)80(73-75(86)69(82)44-70(83)76(73)87)64-17-11-8-14-58(64)61-39-28-51(42-67(61)80)90(50-27-38-60-57-13-7-10-16-63(57)79(3,4)66(60)41-50)52-29-40-62-59-15-9-12-18-65(59)81(68(62)43-52,74-77(88)71(84)45-72(85)78(74)89)49-25-36-56(37-26-49)92-54-32-21-47(6-2)22-33-54/h5-45H,1-2H2,3-4H3. The molecule has 11 heteroatoms. The summed E-state index contributed by atoms with van der Waals surface area (Å²) in [6.45, 7) is 11.9. The molecule has 0 heterocycles. The van der Waals surface area contributed by atoms with E-state index in [1.54, 1.807) is 158 Å². The van der Waals surface area contributed by atoms with Crippen LogP contribution < -0.4 is 14.4 Å². The van der Waals surface area contributed by atoms with E-state index >= 15 is 35.1 Å². The average molecular weight is 1220 g/mol. The zero-order valence-electron chi connectivity index (χ0n) is 49.4. The van der Waals surface area contributed by atoms with E-state index in [0.717, 1.165) is 33.4 Å². The maximum absolute atomic E-state index is 17.5. The lowest BCUT2D eigenvalue weighted by Crippen LogP contribution is -2.32. The van der Waals surface area contributed by atoms with Crippen molar-refractivity contribution in [2.75, 3.05) is 4.90 Å². The van der Waals surface area contributed by atoms with Crippen LogP contribution >= 0.6 is 0 Å². The molecule has 0 fully saturated rings. The first-order valence-electron chi connectivity index (χ1n) is 29.8. The normalized spacial score (nSPS) is 16.0. The molecule has 15 rings (SSSR count). The summed E-state index contributed by atoms with van der Waals surface area (Å²) in [7, 11) is 0. The van der Waals surface area contributed by atoms with Crippen molar-refractivity contribution in [3.63, 3.8) is 0 Å². The van der Waals surface area contributed by atoms with Gasteiger partial charge in [-0.15, -0.1) is 0 Å². The van der Waals surface area contributed by atoms with Crippen LogP contribution in [0.2, 0.25) is 0 Å². The fourth-order valence-electron chi connectivity index (χ4n) is 14.5. The van der Waals surface area contributed by atoms with Gasteiger partial charge in [0, 0.05) is 45.7 Å². The van der Waals surface area contributed by atoms with Gasteiger partial charge in [-0.05, 0) is 174 Å². The number of hydrogen-bond donors (Lipinski definition) is 0. The third-order valence-electron chi connectivity index (χ3n) is 18.6. The van der Waals surface area contributed by atoms with Crippen molar-refractivity contribution in [1.29, 1.82) is 0 Å². The predicted octanol–water partition coefficient (Wildman–Crippen LogP) is 22.2. The zero-order chi connectivity index (χ0) is 63.5. The molecule has 0 spiro atoms. The predicted molar refractivity (Wildman–Crippen MR) is 346 cm³/mol. The van der Waals surface area contributed by atoms with Crippen LogP contribution in [0, 0.1) is 46.5 Å². The second-order valence-corrected chi connectivity index (χ2v) is 23.8. The monoisotopic (exact) mass is 1220 g/mol. The van der Waals surface area contributed by atoms with E-state index < -0.39 is 73.9 Å². The number of rotatable bonds is 13. The number of benzene rings is 12. The van der Waals surface area contributed by atoms with E-state index in [2.05, 4.69) is 45.2 Å². The molecule has 0 radical (unpaired) electrons. The van der Waals surface area contributed by atoms with Crippen molar-refractivity contribution in [1.82, 2.24) is 0 Å². The molecule has 0 aromatic heterocycles. The van der Waals surface area contributed by atoms with Crippen LogP contribution in [-0.4, -0.2) is 0 Å². The topological polar surface area (TPSA) is 21.7 Å². The number of hydrogen-bond acceptors (Lipinski definition) is 3. The van der Waals surface area contributed by atoms with Gasteiger partial charge in [0.2, 0.25) is 0 Å². The summed E-state index contributed by atoms with van der Waals surface area (Å²) < 4.78 is 147. The van der Waals surface area contributed by atoms with Crippen LogP contribution in [0.4, 0.5) is 52.2 Å². The number of anilines is 3. The number of ether oxygens (including phenoxy) is 2. The van der Waals surface area contributed by atoms with E-state index in [1.807, 2.05) is 65.6 Å². The van der Waals surface area contributed by atoms with Gasteiger partial charge in [0.25, 0.3) is 0 Å². The molecule has 2 unspecified atom stereocenters. The van der Waals surface area contributed by atoms with Gasteiger partial charge in [-0.25, -0.2) is 35.1 Å². The lowest BCUT2D eigenvalue weighted by molar-refractivity contribution is 0.426. The summed E-state index contributed by atoms with van der Waals surface area (Å²) in [5, 5.41) is 0. The second-order valence-electron chi connectivity index (χ2n) is 23.8. The molecule has 3 nitrogen and oxygen atoms in total. The Labute approximate surface area is 525 Å². The lowest BCUT2D eigenvalue weighted by Gasteiger charge is -2.36. The fourth-order valence-corrected chi connectivity index (χ4v) is 14.5. The summed E-state index contributed by atoms with van der Waals surface area (Å²) >= 11 is 0. The first kappa shape index (κ1) is 57.4. The summed E-state index contributed by atoms with van der Waals surface area (Å²) in [4.78, 5) is 1.89. The quantitative estimate of drug-likeness (QED) is 0.0848. The minimum atomic E-state index is -2.12. The highest BCUT2D eigenvalue weighted by Gasteiger charge is 2.53. The smallest absolute Gasteiger partial charge is 0.166 e. The van der Waals surface area contributed by atoms with Gasteiger partial charge >= 0.3 is 0 Å². The Morgan fingerprint density at radius 3 is 0.967 bits per heavy atom. The molecule has 0 aliphatic heterocycles. The molecule has 0 bridgehead atoms. The van der Waals surface area contributed by atoms with Crippen LogP contribution in [-0.2, 0) is 16.2 Å². The molecule has 92 heavy (non-hydrogen) atoms. The van der Waals surface area contributed by atoms with Gasteiger partial charge in [-0.3, -0.25) is 0 Å². The molecule has 3 aliphatic rings. The molecule has 0 saturated heterocycles. The summed E-state index contributed by atoms with van der Waals surface area (Å²) in [6, 6.07) is 66.5. The third-order valence-corrected chi connectivity index (χ3v) is 18.6. The first-order chi connectivity index (χ1) is 44.5. The van der Waals surface area contributed by atoms with Crippen LogP contribution in [0.25, 0.3) is 45.5 Å². The van der Waals surface area contributed by atoms with Crippen LogP contribution in [0.3, 0.4) is 0 Å². The molecule has 0 N–H and O–H groups in total. The zero-order valence-corrected chi connectivity index (χ0v) is 49.4. The van der Waals surface area contributed by atoms with Gasteiger partial charge < -0.3 is 14.4 Å². The van der Waals surface area contributed by atoms with Crippen LogP contribution in [0.15, 0.2) is 250 Å². The Morgan fingerprint density at radius 2 is 0.609 bits per heavy atom. The van der Waals surface area contributed by atoms with Crippen molar-refractivity contribution in [3.8, 4) is 56.4 Å². The Bertz CT molecular complexity index is 4730. The highest BCUT2D eigenvalue weighted by molar-refractivity contribution is 5.94. The van der Waals surface area contributed by atoms with E-state index in [4.69, 9.17) is 9.47 Å². The minimum absolute atomic E-state index is 0.192. The summed E-state index contributed by atoms with van der Waals surface area (Å²) in [6.07, 6.45) is 3.39. The third kappa shape index (κ3) is 8.55. The van der Waals surface area contributed by atoms with Gasteiger partial charge in [0.1, 0.15) is 23.0 Å². The maximum Gasteiger partial charge on any atom is 0.166 e. The highest BCUT2D eigenvalue weighted by Crippen LogP contribution is 2.62. The lowest BCUT2D eigenvalue weighted by atomic mass is 9.67. The molecule has 12 aromatic rings. The maximum atomic E-state index is 17.5. The molecule has 2 atom stereocenters. The number of fused-ring (bicyclic) bond motifs is 9. The first-order valence-corrected chi connectivity index (χ1v) is 29.8.